The Balaban J connectivity index is 0.000000675. The van der Waals surface area contributed by atoms with E-state index in [4.69, 9.17) is 19.7 Å². The Kier molecular flexibility index (Phi) is 11.3. The van der Waals surface area contributed by atoms with Crippen molar-refractivity contribution in [3.63, 3.8) is 0 Å². The van der Waals surface area contributed by atoms with E-state index in [-0.39, 0.29) is 11.7 Å². The molecule has 9 nitrogen and oxygen atoms in total. The number of hydrogen-bond donors (Lipinski definition) is 4. The molecule has 1 heterocycles. The number of benzene rings is 1. The van der Waals surface area contributed by atoms with Crippen molar-refractivity contribution >= 4 is 23.6 Å². The molecule has 1 amide bonds. The molecule has 0 unspecified atom stereocenters. The van der Waals surface area contributed by atoms with Gasteiger partial charge in [-0.1, -0.05) is 0 Å². The molecule has 4 N–H and O–H groups in total. The summed E-state index contributed by atoms with van der Waals surface area (Å²) in [6.45, 7) is 3.25. The molecule has 1 aliphatic heterocycles. The molecule has 1 saturated heterocycles. The standard InChI is InChI=1S/C19H26N2O5.C2HF3O2/c1-13(21-17(22)7-2-14-8-10-20-11-9-14)19(25)15-3-5-16(6-4-15)26-12-18(23)24;3-2(4,5)1(6)7/h3-6,13-14,20H,2,7-12H2,1H3,(H,21,22)(H,23,24);(H,6,7)/t13-;/m0./s1. The van der Waals surface area contributed by atoms with Crippen LogP contribution in [0.4, 0.5) is 13.2 Å². The van der Waals surface area contributed by atoms with Gasteiger partial charge in [0.05, 0.1) is 6.04 Å². The average molecular weight is 476 g/mol. The van der Waals surface area contributed by atoms with E-state index in [1.54, 1.807) is 31.2 Å². The number of ether oxygens (including phenoxy) is 1. The summed E-state index contributed by atoms with van der Waals surface area (Å²) in [5.41, 5.74) is 0.443. The molecule has 33 heavy (non-hydrogen) atoms. The number of nitrogens with one attached hydrogen (secondary N) is 2. The largest absolute Gasteiger partial charge is 0.490 e. The first-order chi connectivity index (χ1) is 15.4. The Morgan fingerprint density at radius 3 is 2.15 bits per heavy atom. The monoisotopic (exact) mass is 476 g/mol. The third-order valence-electron chi connectivity index (χ3n) is 4.75. The van der Waals surface area contributed by atoms with E-state index in [2.05, 4.69) is 10.6 Å². The molecule has 0 spiro atoms. The summed E-state index contributed by atoms with van der Waals surface area (Å²) in [6, 6.07) is 5.61. The number of amides is 1. The molecular weight excluding hydrogens is 449 g/mol. The quantitative estimate of drug-likeness (QED) is 0.398. The fourth-order valence-electron chi connectivity index (χ4n) is 3.00. The summed E-state index contributed by atoms with van der Waals surface area (Å²) in [7, 11) is 0. The molecule has 1 aliphatic rings. The number of aliphatic carboxylic acids is 2. The van der Waals surface area contributed by atoms with E-state index in [9.17, 15) is 27.6 Å². The maximum absolute atomic E-state index is 12.4. The lowest BCUT2D eigenvalue weighted by Crippen LogP contribution is -2.38. The second kappa shape index (κ2) is 13.4. The van der Waals surface area contributed by atoms with Gasteiger partial charge in [0.25, 0.3) is 0 Å². The van der Waals surface area contributed by atoms with Crippen molar-refractivity contribution in [2.45, 2.75) is 44.8 Å². The van der Waals surface area contributed by atoms with E-state index < -0.39 is 30.8 Å². The zero-order valence-corrected chi connectivity index (χ0v) is 18.0. The maximum atomic E-state index is 12.4. The Morgan fingerprint density at radius 2 is 1.67 bits per heavy atom. The topological polar surface area (TPSA) is 142 Å². The molecule has 1 fully saturated rings. The van der Waals surface area contributed by atoms with E-state index >= 15 is 0 Å². The van der Waals surface area contributed by atoms with Crippen LogP contribution in [0.5, 0.6) is 5.75 Å². The molecular formula is C21H27F3N2O7. The summed E-state index contributed by atoms with van der Waals surface area (Å²) in [4.78, 5) is 43.9. The predicted molar refractivity (Wildman–Crippen MR) is 110 cm³/mol. The zero-order chi connectivity index (χ0) is 25.0. The normalized spacial score (nSPS) is 14.9. The summed E-state index contributed by atoms with van der Waals surface area (Å²) in [5, 5.41) is 21.8. The Morgan fingerprint density at radius 1 is 1.12 bits per heavy atom. The minimum absolute atomic E-state index is 0.106. The fraction of sp³-hybridized carbons (Fsp3) is 0.524. The number of carbonyl (C=O) groups is 4. The molecule has 0 aromatic heterocycles. The van der Waals surface area contributed by atoms with Crippen LogP contribution in [0, 0.1) is 5.92 Å². The van der Waals surface area contributed by atoms with Gasteiger partial charge in [0.15, 0.2) is 12.4 Å². The predicted octanol–water partition coefficient (Wildman–Crippen LogP) is 2.25. The summed E-state index contributed by atoms with van der Waals surface area (Å²) < 4.78 is 36.8. The van der Waals surface area contributed by atoms with Crippen LogP contribution < -0.4 is 15.4 Å². The Labute approximate surface area is 188 Å². The summed E-state index contributed by atoms with van der Waals surface area (Å²) in [6.07, 6.45) is -1.61. The highest BCUT2D eigenvalue weighted by atomic mass is 19.4. The molecule has 2 rings (SSSR count). The van der Waals surface area contributed by atoms with Gasteiger partial charge in [-0.15, -0.1) is 0 Å². The number of Topliss-reactive ketones (excluding diaryl/α,β-unsaturated/α-hetero) is 1. The van der Waals surface area contributed by atoms with E-state index in [1.807, 2.05) is 0 Å². The minimum atomic E-state index is -5.08. The number of hydrogen-bond acceptors (Lipinski definition) is 6. The zero-order valence-electron chi connectivity index (χ0n) is 18.0. The van der Waals surface area contributed by atoms with Crippen molar-refractivity contribution in [3.8, 4) is 5.75 Å². The molecule has 0 saturated carbocycles. The van der Waals surface area contributed by atoms with Crippen molar-refractivity contribution in [2.24, 2.45) is 5.92 Å². The van der Waals surface area contributed by atoms with Gasteiger partial charge < -0.3 is 25.6 Å². The highest BCUT2D eigenvalue weighted by Crippen LogP contribution is 2.18. The number of carbonyl (C=O) groups excluding carboxylic acids is 2. The first-order valence-electron chi connectivity index (χ1n) is 10.2. The number of carboxylic acid groups (broad SMARTS) is 2. The number of carboxylic acids is 2. The lowest BCUT2D eigenvalue weighted by atomic mass is 9.93. The van der Waals surface area contributed by atoms with Crippen LogP contribution in [0.2, 0.25) is 0 Å². The van der Waals surface area contributed by atoms with Crippen molar-refractivity contribution in [3.05, 3.63) is 29.8 Å². The van der Waals surface area contributed by atoms with E-state index in [0.717, 1.165) is 32.4 Å². The molecule has 1 atom stereocenters. The lowest BCUT2D eigenvalue weighted by molar-refractivity contribution is -0.192. The van der Waals surface area contributed by atoms with Gasteiger partial charge >= 0.3 is 18.1 Å². The number of halogens is 3. The first kappa shape index (κ1) is 27.9. The van der Waals surface area contributed by atoms with Crippen LogP contribution in [-0.2, 0) is 14.4 Å². The second-order valence-corrected chi connectivity index (χ2v) is 7.40. The van der Waals surface area contributed by atoms with Crippen molar-refractivity contribution in [2.75, 3.05) is 19.7 Å². The van der Waals surface area contributed by atoms with Crippen LogP contribution in [0.1, 0.15) is 43.0 Å². The molecule has 12 heteroatoms. The molecule has 184 valence electrons. The summed E-state index contributed by atoms with van der Waals surface area (Å²) in [5.74, 6) is -3.16. The number of piperidine rings is 1. The van der Waals surface area contributed by atoms with Crippen LogP contribution >= 0.6 is 0 Å². The molecule has 1 aromatic rings. The van der Waals surface area contributed by atoms with Gasteiger partial charge in [0.2, 0.25) is 5.91 Å². The SMILES string of the molecule is C[C@H](NC(=O)CCC1CCNCC1)C(=O)c1ccc(OCC(=O)O)cc1.O=C(O)C(F)(F)F. The maximum Gasteiger partial charge on any atom is 0.490 e. The Hall–Kier alpha value is -3.15. The fourth-order valence-corrected chi connectivity index (χ4v) is 3.00. The van der Waals surface area contributed by atoms with Crippen molar-refractivity contribution in [1.82, 2.24) is 10.6 Å². The van der Waals surface area contributed by atoms with E-state index in [1.165, 1.54) is 0 Å². The second-order valence-electron chi connectivity index (χ2n) is 7.40. The average Bonchev–Trinajstić information content (AvgIpc) is 2.76. The third kappa shape index (κ3) is 11.3. The van der Waals surface area contributed by atoms with Gasteiger partial charge in [-0.05, 0) is 69.5 Å². The van der Waals surface area contributed by atoms with Gasteiger partial charge in [0.1, 0.15) is 5.75 Å². The molecule has 0 radical (unpaired) electrons. The highest BCUT2D eigenvalue weighted by molar-refractivity contribution is 6.01. The number of rotatable bonds is 9. The van der Waals surface area contributed by atoms with Gasteiger partial charge in [-0.2, -0.15) is 13.2 Å². The van der Waals surface area contributed by atoms with Crippen LogP contribution in [0.15, 0.2) is 24.3 Å². The number of ketones is 1. The van der Waals surface area contributed by atoms with Crippen molar-refractivity contribution in [1.29, 1.82) is 0 Å². The van der Waals surface area contributed by atoms with Crippen LogP contribution in [0.3, 0.4) is 0 Å². The van der Waals surface area contributed by atoms with Crippen molar-refractivity contribution < 1.29 is 47.3 Å². The molecule has 1 aromatic carbocycles. The van der Waals surface area contributed by atoms with Gasteiger partial charge in [-0.25, -0.2) is 9.59 Å². The molecule has 0 bridgehead atoms. The first-order valence-corrected chi connectivity index (χ1v) is 10.2. The smallest absolute Gasteiger partial charge is 0.482 e. The number of alkyl halides is 3. The lowest BCUT2D eigenvalue weighted by Gasteiger charge is -2.22. The Bertz CT molecular complexity index is 807. The van der Waals surface area contributed by atoms with Gasteiger partial charge in [-0.3, -0.25) is 9.59 Å². The minimum Gasteiger partial charge on any atom is -0.482 e. The van der Waals surface area contributed by atoms with Crippen LogP contribution in [-0.4, -0.2) is 65.8 Å². The van der Waals surface area contributed by atoms with Gasteiger partial charge in [0, 0.05) is 12.0 Å². The third-order valence-corrected chi connectivity index (χ3v) is 4.75. The van der Waals surface area contributed by atoms with Crippen LogP contribution in [0.25, 0.3) is 0 Å². The highest BCUT2D eigenvalue weighted by Gasteiger charge is 2.38. The summed E-state index contributed by atoms with van der Waals surface area (Å²) >= 11 is 0. The van der Waals surface area contributed by atoms with E-state index in [0.29, 0.717) is 23.7 Å². The molecule has 0 aliphatic carbocycles.